The lowest BCUT2D eigenvalue weighted by atomic mass is 9.94. The molecule has 2 aliphatic heterocycles. The van der Waals surface area contributed by atoms with Gasteiger partial charge in [0.1, 0.15) is 4.83 Å². The SMILES string of the molecule is C[C@H]1Cn2c(nc3sc4c(c3c2=O)CC(C)(C)OC4)S1. The first-order chi connectivity index (χ1) is 9.44. The first-order valence-electron chi connectivity index (χ1n) is 6.80. The summed E-state index contributed by atoms with van der Waals surface area (Å²) in [6.07, 6.45) is 0.793. The monoisotopic (exact) mass is 308 g/mol. The van der Waals surface area contributed by atoms with Crippen molar-refractivity contribution < 1.29 is 4.74 Å². The first-order valence-corrected chi connectivity index (χ1v) is 8.50. The smallest absolute Gasteiger partial charge is 0.263 e. The van der Waals surface area contributed by atoms with Crippen LogP contribution in [0.15, 0.2) is 9.95 Å². The Morgan fingerprint density at radius 1 is 1.45 bits per heavy atom. The van der Waals surface area contributed by atoms with Gasteiger partial charge >= 0.3 is 0 Å². The molecule has 6 heteroatoms. The van der Waals surface area contributed by atoms with E-state index in [1.807, 2.05) is 4.57 Å². The molecule has 0 bridgehead atoms. The average molecular weight is 308 g/mol. The summed E-state index contributed by atoms with van der Waals surface area (Å²) in [6.45, 7) is 7.67. The standard InChI is InChI=1S/C14H16N2O2S2/c1-7-5-16-12(17)10-8-4-14(2,3)18-6-9(8)20-11(10)15-13(16)19-7/h7H,4-6H2,1-3H3/t7-/m0/s1. The van der Waals surface area contributed by atoms with Gasteiger partial charge < -0.3 is 4.74 Å². The average Bonchev–Trinajstić information content (AvgIpc) is 2.88. The number of hydrogen-bond donors (Lipinski definition) is 0. The van der Waals surface area contributed by atoms with Crippen molar-refractivity contribution in [3.63, 3.8) is 0 Å². The second-order valence-corrected chi connectivity index (χ2v) is 8.64. The second-order valence-electron chi connectivity index (χ2n) is 6.15. The molecule has 0 aliphatic carbocycles. The van der Waals surface area contributed by atoms with E-state index in [2.05, 4.69) is 20.8 Å². The normalized spacial score (nSPS) is 23.9. The Kier molecular flexibility index (Phi) is 2.63. The molecule has 2 aromatic rings. The molecule has 4 heterocycles. The number of nitrogens with zero attached hydrogens (tertiary/aromatic N) is 2. The number of hydrogen-bond acceptors (Lipinski definition) is 5. The zero-order valence-electron chi connectivity index (χ0n) is 11.7. The third kappa shape index (κ3) is 1.78. The fourth-order valence-electron chi connectivity index (χ4n) is 2.93. The fourth-order valence-corrected chi connectivity index (χ4v) is 5.10. The molecule has 2 aromatic heterocycles. The van der Waals surface area contributed by atoms with Crippen LogP contribution in [-0.4, -0.2) is 20.4 Å². The molecule has 106 valence electrons. The van der Waals surface area contributed by atoms with Gasteiger partial charge in [0.25, 0.3) is 5.56 Å². The van der Waals surface area contributed by atoms with E-state index in [9.17, 15) is 4.79 Å². The van der Waals surface area contributed by atoms with Crippen LogP contribution in [0, 0.1) is 0 Å². The number of rotatable bonds is 0. The highest BCUT2D eigenvalue weighted by molar-refractivity contribution is 7.99. The zero-order valence-corrected chi connectivity index (χ0v) is 13.4. The lowest BCUT2D eigenvalue weighted by Gasteiger charge is -2.29. The minimum Gasteiger partial charge on any atom is -0.370 e. The van der Waals surface area contributed by atoms with Crippen LogP contribution in [0.3, 0.4) is 0 Å². The number of ether oxygens (including phenoxy) is 1. The summed E-state index contributed by atoms with van der Waals surface area (Å²) in [5.74, 6) is 0. The van der Waals surface area contributed by atoms with E-state index in [-0.39, 0.29) is 11.2 Å². The molecule has 20 heavy (non-hydrogen) atoms. The lowest BCUT2D eigenvalue weighted by Crippen LogP contribution is -2.32. The topological polar surface area (TPSA) is 44.1 Å². The highest BCUT2D eigenvalue weighted by Crippen LogP contribution is 2.38. The van der Waals surface area contributed by atoms with Crippen LogP contribution in [0.25, 0.3) is 10.2 Å². The molecule has 0 saturated heterocycles. The Morgan fingerprint density at radius 3 is 3.05 bits per heavy atom. The molecule has 0 aromatic carbocycles. The second kappa shape index (κ2) is 4.08. The van der Waals surface area contributed by atoms with Gasteiger partial charge in [-0.15, -0.1) is 11.3 Å². The summed E-state index contributed by atoms with van der Waals surface area (Å²) in [6, 6.07) is 0. The number of fused-ring (bicyclic) bond motifs is 4. The molecule has 1 atom stereocenters. The summed E-state index contributed by atoms with van der Waals surface area (Å²) >= 11 is 3.31. The maximum atomic E-state index is 12.8. The predicted molar refractivity (Wildman–Crippen MR) is 81.8 cm³/mol. The Hall–Kier alpha value is -0.850. The maximum Gasteiger partial charge on any atom is 0.263 e. The number of thioether (sulfide) groups is 1. The van der Waals surface area contributed by atoms with Gasteiger partial charge in [-0.25, -0.2) is 4.98 Å². The summed E-state index contributed by atoms with van der Waals surface area (Å²) in [4.78, 5) is 19.6. The van der Waals surface area contributed by atoms with Gasteiger partial charge in [-0.3, -0.25) is 9.36 Å². The molecular formula is C14H16N2O2S2. The predicted octanol–water partition coefficient (Wildman–Crippen LogP) is 2.80. The first kappa shape index (κ1) is 12.9. The lowest BCUT2D eigenvalue weighted by molar-refractivity contribution is -0.0379. The van der Waals surface area contributed by atoms with Crippen molar-refractivity contribution in [1.29, 1.82) is 0 Å². The molecule has 0 fully saturated rings. The van der Waals surface area contributed by atoms with E-state index in [1.165, 1.54) is 10.4 Å². The molecule has 0 spiro atoms. The largest absolute Gasteiger partial charge is 0.370 e. The highest BCUT2D eigenvalue weighted by Gasteiger charge is 2.32. The van der Waals surface area contributed by atoms with E-state index in [0.29, 0.717) is 11.9 Å². The molecular weight excluding hydrogens is 292 g/mol. The van der Waals surface area contributed by atoms with E-state index >= 15 is 0 Å². The minimum absolute atomic E-state index is 0.136. The third-order valence-electron chi connectivity index (χ3n) is 3.90. The van der Waals surface area contributed by atoms with Crippen molar-refractivity contribution in [2.45, 2.75) is 56.4 Å². The zero-order chi connectivity index (χ0) is 14.1. The van der Waals surface area contributed by atoms with E-state index in [4.69, 9.17) is 9.72 Å². The summed E-state index contributed by atoms with van der Waals surface area (Å²) in [5, 5.41) is 2.14. The van der Waals surface area contributed by atoms with Crippen molar-refractivity contribution >= 4 is 33.3 Å². The molecule has 0 unspecified atom stereocenters. The molecule has 4 nitrogen and oxygen atoms in total. The third-order valence-corrected chi connectivity index (χ3v) is 6.08. The van der Waals surface area contributed by atoms with Crippen LogP contribution < -0.4 is 5.56 Å². The Balaban J connectivity index is 2.00. The van der Waals surface area contributed by atoms with Gasteiger partial charge in [0.2, 0.25) is 0 Å². The Labute approximate surface area is 125 Å². The molecule has 0 radical (unpaired) electrons. The number of thiophene rings is 1. The maximum absolute atomic E-state index is 12.8. The van der Waals surface area contributed by atoms with Crippen molar-refractivity contribution in [2.24, 2.45) is 0 Å². The van der Waals surface area contributed by atoms with Crippen LogP contribution in [-0.2, 0) is 24.3 Å². The van der Waals surface area contributed by atoms with Gasteiger partial charge in [-0.1, -0.05) is 18.7 Å². The molecule has 0 N–H and O–H groups in total. The van der Waals surface area contributed by atoms with Gasteiger partial charge in [0.05, 0.1) is 17.6 Å². The van der Waals surface area contributed by atoms with Crippen molar-refractivity contribution in [2.75, 3.05) is 0 Å². The fraction of sp³-hybridized carbons (Fsp3) is 0.571. The van der Waals surface area contributed by atoms with Crippen LogP contribution in [0.2, 0.25) is 0 Å². The van der Waals surface area contributed by atoms with Gasteiger partial charge in [0, 0.05) is 23.1 Å². The van der Waals surface area contributed by atoms with Gasteiger partial charge in [0.15, 0.2) is 5.16 Å². The highest BCUT2D eigenvalue weighted by atomic mass is 32.2. The Bertz CT molecular complexity index is 776. The van der Waals surface area contributed by atoms with E-state index < -0.39 is 0 Å². The summed E-state index contributed by atoms with van der Waals surface area (Å²) in [5.41, 5.74) is 1.11. The summed E-state index contributed by atoms with van der Waals surface area (Å²) in [7, 11) is 0. The van der Waals surface area contributed by atoms with Gasteiger partial charge in [-0.2, -0.15) is 0 Å². The summed E-state index contributed by atoms with van der Waals surface area (Å²) < 4.78 is 7.69. The van der Waals surface area contributed by atoms with Crippen LogP contribution in [0.5, 0.6) is 0 Å². The molecule has 2 aliphatic rings. The van der Waals surface area contributed by atoms with Crippen LogP contribution >= 0.6 is 23.1 Å². The van der Waals surface area contributed by atoms with Crippen molar-refractivity contribution in [1.82, 2.24) is 9.55 Å². The Morgan fingerprint density at radius 2 is 2.25 bits per heavy atom. The quantitative estimate of drug-likeness (QED) is 0.702. The van der Waals surface area contributed by atoms with E-state index in [0.717, 1.165) is 28.3 Å². The number of aromatic nitrogens is 2. The van der Waals surface area contributed by atoms with Crippen LogP contribution in [0.4, 0.5) is 0 Å². The molecule has 4 rings (SSSR count). The molecule has 0 amide bonds. The van der Waals surface area contributed by atoms with E-state index in [1.54, 1.807) is 23.1 Å². The van der Waals surface area contributed by atoms with Gasteiger partial charge in [-0.05, 0) is 19.4 Å². The van der Waals surface area contributed by atoms with Crippen molar-refractivity contribution in [3.05, 3.63) is 20.8 Å². The minimum atomic E-state index is -0.195. The molecule has 0 saturated carbocycles. The van der Waals surface area contributed by atoms with Crippen molar-refractivity contribution in [3.8, 4) is 0 Å². The van der Waals surface area contributed by atoms with Crippen LogP contribution in [0.1, 0.15) is 31.2 Å².